The van der Waals surface area contributed by atoms with Crippen LogP contribution in [0, 0.1) is 0 Å². The Morgan fingerprint density at radius 3 is 2.80 bits per heavy atom. The molecule has 0 radical (unpaired) electrons. The monoisotopic (exact) mass is 316 g/mol. The zero-order valence-corrected chi connectivity index (χ0v) is 14.1. The quantitative estimate of drug-likeness (QED) is 0.796. The summed E-state index contributed by atoms with van der Waals surface area (Å²) in [6.45, 7) is 3.74. The Bertz CT molecular complexity index is 378. The van der Waals surface area contributed by atoms with Gasteiger partial charge in [0.25, 0.3) is 0 Å². The predicted molar refractivity (Wildman–Crippen MR) is 86.0 cm³/mol. The van der Waals surface area contributed by atoms with Gasteiger partial charge in [-0.1, -0.05) is 6.92 Å². The number of thioether (sulfide) groups is 2. The lowest BCUT2D eigenvalue weighted by atomic mass is 10.2. The van der Waals surface area contributed by atoms with Gasteiger partial charge in [-0.2, -0.15) is 11.8 Å². The van der Waals surface area contributed by atoms with Crippen molar-refractivity contribution in [1.82, 2.24) is 9.80 Å². The zero-order chi connectivity index (χ0) is 14.7. The fourth-order valence-electron chi connectivity index (χ4n) is 3.03. The van der Waals surface area contributed by atoms with Crippen LogP contribution in [0.2, 0.25) is 0 Å². The van der Waals surface area contributed by atoms with Gasteiger partial charge >= 0.3 is 0 Å². The molecule has 2 aliphatic rings. The van der Waals surface area contributed by atoms with Gasteiger partial charge in [0, 0.05) is 31.0 Å². The molecule has 0 aromatic heterocycles. The van der Waals surface area contributed by atoms with E-state index in [1.165, 1.54) is 6.42 Å². The molecule has 1 saturated heterocycles. The first-order valence-electron chi connectivity index (χ1n) is 7.27. The normalized spacial score (nSPS) is 29.8. The van der Waals surface area contributed by atoms with E-state index >= 15 is 0 Å². The lowest BCUT2D eigenvalue weighted by Gasteiger charge is -2.30. The summed E-state index contributed by atoms with van der Waals surface area (Å²) in [7, 11) is 1.91. The molecule has 1 aliphatic heterocycles. The largest absolute Gasteiger partial charge is 0.341 e. The topological polar surface area (TPSA) is 40.6 Å². The number of carbonyl (C=O) groups is 2. The van der Waals surface area contributed by atoms with Crippen LogP contribution in [0.5, 0.6) is 0 Å². The third-order valence-electron chi connectivity index (χ3n) is 4.23. The van der Waals surface area contributed by atoms with Gasteiger partial charge in [0.1, 0.15) is 6.04 Å². The molecule has 2 rings (SSSR count). The smallest absolute Gasteiger partial charge is 0.246 e. The molecule has 0 aromatic carbocycles. The molecule has 0 unspecified atom stereocenters. The zero-order valence-electron chi connectivity index (χ0n) is 12.5. The minimum Gasteiger partial charge on any atom is -0.341 e. The van der Waals surface area contributed by atoms with Crippen LogP contribution < -0.4 is 0 Å². The minimum absolute atomic E-state index is 0.00703. The highest BCUT2D eigenvalue weighted by Crippen LogP contribution is 2.33. The van der Waals surface area contributed by atoms with E-state index in [2.05, 4.69) is 6.92 Å². The van der Waals surface area contributed by atoms with Crippen molar-refractivity contribution in [2.24, 2.45) is 0 Å². The van der Waals surface area contributed by atoms with E-state index in [1.807, 2.05) is 23.7 Å². The van der Waals surface area contributed by atoms with Crippen LogP contribution >= 0.6 is 23.5 Å². The number of nitrogens with zero attached hydrogens (tertiary/aromatic N) is 2. The van der Waals surface area contributed by atoms with Crippen LogP contribution in [0.3, 0.4) is 0 Å². The van der Waals surface area contributed by atoms with Crippen LogP contribution in [0.25, 0.3) is 0 Å². The first-order chi connectivity index (χ1) is 9.54. The van der Waals surface area contributed by atoms with Crippen molar-refractivity contribution < 1.29 is 9.59 Å². The molecule has 4 nitrogen and oxygen atoms in total. The number of carbonyl (C=O) groups excluding carboxylic acids is 2. The molecule has 1 aliphatic carbocycles. The van der Waals surface area contributed by atoms with E-state index in [1.54, 1.807) is 23.6 Å². The van der Waals surface area contributed by atoms with Crippen molar-refractivity contribution in [3.63, 3.8) is 0 Å². The van der Waals surface area contributed by atoms with Crippen molar-refractivity contribution in [1.29, 1.82) is 0 Å². The fraction of sp³-hybridized carbons (Fsp3) is 0.857. The summed E-state index contributed by atoms with van der Waals surface area (Å²) in [6.07, 6.45) is 3.40. The summed E-state index contributed by atoms with van der Waals surface area (Å²) < 4.78 is 0. The maximum Gasteiger partial charge on any atom is 0.246 e. The average molecular weight is 316 g/mol. The molecule has 1 saturated carbocycles. The second kappa shape index (κ2) is 7.07. The standard InChI is InChI=1S/C14H24N2O2S2/c1-4-20-12-6-5-11(7-12)15(3)14(18)13-8-19-9-16(13)10(2)17/h11-13H,4-9H2,1-3H3/t11-,12+,13-/m0/s1. The summed E-state index contributed by atoms with van der Waals surface area (Å²) in [4.78, 5) is 27.8. The SMILES string of the molecule is CCS[C@@H]1CC[C@H](N(C)C(=O)[C@@H]2CSCN2C(C)=O)C1. The molecule has 114 valence electrons. The first-order valence-corrected chi connectivity index (χ1v) is 9.48. The van der Waals surface area contributed by atoms with E-state index < -0.39 is 0 Å². The molecule has 0 bridgehead atoms. The predicted octanol–water partition coefficient (Wildman–Crippen LogP) is 2.04. The van der Waals surface area contributed by atoms with Gasteiger partial charge in [-0.15, -0.1) is 11.8 Å². The second-order valence-corrected chi connectivity index (χ2v) is 8.07. The molecule has 2 fully saturated rings. The van der Waals surface area contributed by atoms with Crippen molar-refractivity contribution in [2.45, 2.75) is 50.4 Å². The Kier molecular flexibility index (Phi) is 5.66. The lowest BCUT2D eigenvalue weighted by Crippen LogP contribution is -2.49. The van der Waals surface area contributed by atoms with Gasteiger partial charge in [-0.25, -0.2) is 0 Å². The second-order valence-electron chi connectivity index (χ2n) is 5.50. The van der Waals surface area contributed by atoms with E-state index in [-0.39, 0.29) is 17.9 Å². The van der Waals surface area contributed by atoms with Crippen LogP contribution in [0.4, 0.5) is 0 Å². The van der Waals surface area contributed by atoms with E-state index in [4.69, 9.17) is 0 Å². The van der Waals surface area contributed by atoms with Crippen molar-refractivity contribution in [2.75, 3.05) is 24.4 Å². The van der Waals surface area contributed by atoms with Crippen molar-refractivity contribution in [3.8, 4) is 0 Å². The molecular formula is C14H24N2O2S2. The summed E-state index contributed by atoms with van der Waals surface area (Å²) >= 11 is 3.67. The Morgan fingerprint density at radius 2 is 2.15 bits per heavy atom. The van der Waals surface area contributed by atoms with E-state index in [9.17, 15) is 9.59 Å². The molecule has 2 amide bonds. The van der Waals surface area contributed by atoms with Gasteiger partial charge in [0.15, 0.2) is 0 Å². The number of rotatable bonds is 4. The summed E-state index contributed by atoms with van der Waals surface area (Å²) in [6, 6.07) is 0.103. The summed E-state index contributed by atoms with van der Waals surface area (Å²) in [5.41, 5.74) is 0. The molecule has 0 aromatic rings. The van der Waals surface area contributed by atoms with Crippen molar-refractivity contribution in [3.05, 3.63) is 0 Å². The molecular weight excluding hydrogens is 292 g/mol. The van der Waals surface area contributed by atoms with Crippen molar-refractivity contribution >= 4 is 35.3 Å². The minimum atomic E-state index is -0.250. The number of amides is 2. The fourth-order valence-corrected chi connectivity index (χ4v) is 5.37. The Labute approximate surface area is 130 Å². The average Bonchev–Trinajstić information content (AvgIpc) is 3.06. The summed E-state index contributed by atoms with van der Waals surface area (Å²) in [5.74, 6) is 2.66. The number of hydrogen-bond acceptors (Lipinski definition) is 4. The maximum atomic E-state index is 12.6. The highest BCUT2D eigenvalue weighted by Gasteiger charge is 2.38. The van der Waals surface area contributed by atoms with Crippen LogP contribution in [-0.2, 0) is 9.59 Å². The van der Waals surface area contributed by atoms with Crippen LogP contribution in [0.15, 0.2) is 0 Å². The van der Waals surface area contributed by atoms with E-state index in [0.717, 1.165) is 24.3 Å². The highest BCUT2D eigenvalue weighted by atomic mass is 32.2. The number of hydrogen-bond donors (Lipinski definition) is 0. The summed E-state index contributed by atoms with van der Waals surface area (Å²) in [5, 5.41) is 0.696. The molecule has 0 N–H and O–H groups in total. The molecule has 3 atom stereocenters. The van der Waals surface area contributed by atoms with Gasteiger partial charge < -0.3 is 9.80 Å². The van der Waals surface area contributed by atoms with Gasteiger partial charge in [0.2, 0.25) is 11.8 Å². The molecule has 20 heavy (non-hydrogen) atoms. The third-order valence-corrected chi connectivity index (χ3v) is 6.47. The highest BCUT2D eigenvalue weighted by molar-refractivity contribution is 8.00. The Hall–Kier alpha value is -0.360. The van der Waals surface area contributed by atoms with Crippen LogP contribution in [0.1, 0.15) is 33.1 Å². The Balaban J connectivity index is 1.93. The Morgan fingerprint density at radius 1 is 1.40 bits per heavy atom. The van der Waals surface area contributed by atoms with Gasteiger partial charge in [-0.05, 0) is 25.0 Å². The number of likely N-dealkylation sites (N-methyl/N-ethyl adjacent to an activating group) is 1. The van der Waals surface area contributed by atoms with Gasteiger partial charge in [-0.3, -0.25) is 9.59 Å². The molecule has 1 heterocycles. The van der Waals surface area contributed by atoms with Crippen LogP contribution in [-0.4, -0.2) is 63.4 Å². The maximum absolute atomic E-state index is 12.6. The third kappa shape index (κ3) is 3.45. The van der Waals surface area contributed by atoms with Gasteiger partial charge in [0.05, 0.1) is 5.88 Å². The first kappa shape index (κ1) is 16.0. The van der Waals surface area contributed by atoms with E-state index in [0.29, 0.717) is 17.2 Å². The molecule has 0 spiro atoms. The lowest BCUT2D eigenvalue weighted by molar-refractivity contribution is -0.142. The molecule has 6 heteroatoms.